The molecule has 0 saturated heterocycles. The summed E-state index contributed by atoms with van der Waals surface area (Å²) in [5.74, 6) is 1.81. The van der Waals surface area contributed by atoms with Crippen LogP contribution < -0.4 is 10.5 Å². The molecule has 0 spiro atoms. The molecule has 7 nitrogen and oxygen atoms in total. The van der Waals surface area contributed by atoms with Crippen LogP contribution in [-0.2, 0) is 13.2 Å². The second-order valence-electron chi connectivity index (χ2n) is 6.00. The second kappa shape index (κ2) is 8.53. The average Bonchev–Trinajstić information content (AvgIpc) is 3.28. The molecule has 2 aromatic carbocycles. The van der Waals surface area contributed by atoms with E-state index >= 15 is 0 Å². The standard InChI is InChI=1S/C19H17ClN4O3S/c20-13-6-8-14(9-7-13)26-12-17-21-18(23-22-17)28-11-3-10-24-15-4-1-2-5-16(15)27-19(24)25/h1-2,4-9H,3,10-12H2,(H,21,22,23). The van der Waals surface area contributed by atoms with Gasteiger partial charge in [-0.2, -0.15) is 0 Å². The van der Waals surface area contributed by atoms with Gasteiger partial charge in [0.25, 0.3) is 0 Å². The minimum Gasteiger partial charge on any atom is -0.486 e. The minimum absolute atomic E-state index is 0.297. The summed E-state index contributed by atoms with van der Waals surface area (Å²) >= 11 is 7.38. The average molecular weight is 417 g/mol. The fourth-order valence-corrected chi connectivity index (χ4v) is 3.57. The molecule has 0 amide bonds. The molecule has 0 unspecified atom stereocenters. The topological polar surface area (TPSA) is 85.9 Å². The first-order chi connectivity index (χ1) is 13.7. The molecular formula is C19H17ClN4O3S. The van der Waals surface area contributed by atoms with Gasteiger partial charge < -0.3 is 9.15 Å². The lowest BCUT2D eigenvalue weighted by Crippen LogP contribution is -2.14. The highest BCUT2D eigenvalue weighted by molar-refractivity contribution is 7.99. The van der Waals surface area contributed by atoms with Gasteiger partial charge in [-0.05, 0) is 42.8 Å². The number of ether oxygens (including phenoxy) is 1. The lowest BCUT2D eigenvalue weighted by Gasteiger charge is -2.03. The van der Waals surface area contributed by atoms with Crippen molar-refractivity contribution in [1.82, 2.24) is 19.7 Å². The summed E-state index contributed by atoms with van der Waals surface area (Å²) in [6.07, 6.45) is 0.791. The largest absolute Gasteiger partial charge is 0.486 e. The van der Waals surface area contributed by atoms with E-state index in [9.17, 15) is 4.79 Å². The van der Waals surface area contributed by atoms with E-state index in [0.717, 1.165) is 17.7 Å². The summed E-state index contributed by atoms with van der Waals surface area (Å²) in [6.45, 7) is 0.880. The number of fused-ring (bicyclic) bond motifs is 1. The van der Waals surface area contributed by atoms with Crippen molar-refractivity contribution < 1.29 is 9.15 Å². The van der Waals surface area contributed by atoms with E-state index in [4.69, 9.17) is 20.8 Å². The molecule has 9 heteroatoms. The van der Waals surface area contributed by atoms with E-state index in [-0.39, 0.29) is 5.76 Å². The zero-order chi connectivity index (χ0) is 19.3. The molecule has 28 heavy (non-hydrogen) atoms. The molecule has 0 aliphatic rings. The summed E-state index contributed by atoms with van der Waals surface area (Å²) in [5.41, 5.74) is 1.43. The summed E-state index contributed by atoms with van der Waals surface area (Å²) < 4.78 is 12.5. The van der Waals surface area contributed by atoms with Crippen molar-refractivity contribution in [1.29, 1.82) is 0 Å². The highest BCUT2D eigenvalue weighted by Gasteiger charge is 2.09. The van der Waals surface area contributed by atoms with Gasteiger partial charge in [-0.3, -0.25) is 9.67 Å². The van der Waals surface area contributed by atoms with E-state index < -0.39 is 0 Å². The van der Waals surface area contributed by atoms with Crippen LogP contribution in [0.1, 0.15) is 12.2 Å². The van der Waals surface area contributed by atoms with E-state index in [1.807, 2.05) is 18.2 Å². The summed E-state index contributed by atoms with van der Waals surface area (Å²) in [6, 6.07) is 14.6. The maximum Gasteiger partial charge on any atom is 0.419 e. The Morgan fingerprint density at radius 2 is 2.00 bits per heavy atom. The Kier molecular flexibility index (Phi) is 5.68. The number of rotatable bonds is 8. The number of H-pyrrole nitrogens is 1. The number of aryl methyl sites for hydroxylation is 1. The number of oxazole rings is 1. The number of para-hydroxylation sites is 2. The first kappa shape index (κ1) is 18.6. The molecule has 0 atom stereocenters. The fraction of sp³-hybridized carbons (Fsp3) is 0.211. The van der Waals surface area contributed by atoms with Gasteiger partial charge in [0.15, 0.2) is 11.4 Å². The van der Waals surface area contributed by atoms with Gasteiger partial charge in [0.2, 0.25) is 5.16 Å². The summed E-state index contributed by atoms with van der Waals surface area (Å²) in [7, 11) is 0. The highest BCUT2D eigenvalue weighted by Crippen LogP contribution is 2.18. The molecule has 1 N–H and O–H groups in total. The Morgan fingerprint density at radius 3 is 2.86 bits per heavy atom. The number of nitrogens with zero attached hydrogens (tertiary/aromatic N) is 3. The van der Waals surface area contributed by atoms with Crippen molar-refractivity contribution in [3.63, 3.8) is 0 Å². The van der Waals surface area contributed by atoms with E-state index in [1.54, 1.807) is 34.9 Å². The van der Waals surface area contributed by atoms with Crippen LogP contribution in [0.2, 0.25) is 5.02 Å². The third-order valence-corrected chi connectivity index (χ3v) is 5.22. The van der Waals surface area contributed by atoms with Crippen molar-refractivity contribution in [2.24, 2.45) is 0 Å². The van der Waals surface area contributed by atoms with Gasteiger partial charge in [0, 0.05) is 17.3 Å². The van der Waals surface area contributed by atoms with Crippen molar-refractivity contribution in [2.75, 3.05) is 5.75 Å². The third kappa shape index (κ3) is 4.40. The van der Waals surface area contributed by atoms with Crippen LogP contribution in [0.4, 0.5) is 0 Å². The number of halogens is 1. The molecule has 0 saturated carbocycles. The SMILES string of the molecule is O=c1oc2ccccc2n1CCCSc1n[nH]c(COc2ccc(Cl)cc2)n1. The molecule has 0 bridgehead atoms. The predicted octanol–water partition coefficient (Wildman–Crippen LogP) is 4.13. The van der Waals surface area contributed by atoms with Crippen LogP contribution in [0.5, 0.6) is 5.75 Å². The molecule has 0 aliphatic heterocycles. The van der Waals surface area contributed by atoms with Crippen LogP contribution in [0.25, 0.3) is 11.1 Å². The third-order valence-electron chi connectivity index (χ3n) is 4.03. The predicted molar refractivity (Wildman–Crippen MR) is 108 cm³/mol. The summed E-state index contributed by atoms with van der Waals surface area (Å²) in [4.78, 5) is 16.4. The highest BCUT2D eigenvalue weighted by atomic mass is 35.5. The fourth-order valence-electron chi connectivity index (χ4n) is 2.70. The van der Waals surface area contributed by atoms with E-state index in [2.05, 4.69) is 15.2 Å². The van der Waals surface area contributed by atoms with Gasteiger partial charge in [-0.1, -0.05) is 35.5 Å². The lowest BCUT2D eigenvalue weighted by atomic mass is 10.3. The van der Waals surface area contributed by atoms with Crippen LogP contribution >= 0.6 is 23.4 Å². The number of nitrogens with one attached hydrogen (secondary N) is 1. The molecular weight excluding hydrogens is 400 g/mol. The van der Waals surface area contributed by atoms with Crippen molar-refractivity contribution >= 4 is 34.5 Å². The second-order valence-corrected chi connectivity index (χ2v) is 7.50. The van der Waals surface area contributed by atoms with Crippen LogP contribution in [-0.4, -0.2) is 25.5 Å². The molecule has 0 radical (unpaired) electrons. The van der Waals surface area contributed by atoms with E-state index in [1.165, 1.54) is 11.8 Å². The van der Waals surface area contributed by atoms with Crippen molar-refractivity contribution in [3.05, 3.63) is 69.9 Å². The Balaban J connectivity index is 1.26. The molecule has 144 valence electrons. The van der Waals surface area contributed by atoms with Gasteiger partial charge in [0.1, 0.15) is 12.4 Å². The molecule has 0 aliphatic carbocycles. The summed E-state index contributed by atoms with van der Waals surface area (Å²) in [5, 5.41) is 8.37. The van der Waals surface area contributed by atoms with Crippen LogP contribution in [0.3, 0.4) is 0 Å². The first-order valence-electron chi connectivity index (χ1n) is 8.70. The quantitative estimate of drug-likeness (QED) is 0.343. The van der Waals surface area contributed by atoms with Crippen molar-refractivity contribution in [3.8, 4) is 5.75 Å². The van der Waals surface area contributed by atoms with Gasteiger partial charge >= 0.3 is 5.76 Å². The zero-order valence-corrected chi connectivity index (χ0v) is 16.4. The molecule has 2 aromatic heterocycles. The molecule has 2 heterocycles. The van der Waals surface area contributed by atoms with Gasteiger partial charge in [0.05, 0.1) is 5.52 Å². The van der Waals surface area contributed by atoms with Gasteiger partial charge in [-0.25, -0.2) is 9.78 Å². The Labute approximate surface area is 169 Å². The molecule has 4 aromatic rings. The number of thioether (sulfide) groups is 1. The van der Waals surface area contributed by atoms with Crippen molar-refractivity contribution in [2.45, 2.75) is 24.7 Å². The maximum absolute atomic E-state index is 12.0. The van der Waals surface area contributed by atoms with Crippen LogP contribution in [0, 0.1) is 0 Å². The van der Waals surface area contributed by atoms with Crippen LogP contribution in [0.15, 0.2) is 62.9 Å². The Morgan fingerprint density at radius 1 is 1.18 bits per heavy atom. The smallest absolute Gasteiger partial charge is 0.419 e. The lowest BCUT2D eigenvalue weighted by molar-refractivity contribution is 0.296. The monoisotopic (exact) mass is 416 g/mol. The minimum atomic E-state index is -0.328. The number of aromatic amines is 1. The van der Waals surface area contributed by atoms with Gasteiger partial charge in [-0.15, -0.1) is 5.10 Å². The van der Waals surface area contributed by atoms with E-state index in [0.29, 0.717) is 40.5 Å². The number of aromatic nitrogens is 4. The Hall–Kier alpha value is -2.71. The first-order valence-corrected chi connectivity index (χ1v) is 10.1. The maximum atomic E-state index is 12.0. The number of benzene rings is 2. The normalized spacial score (nSPS) is 11.2. The number of hydrogen-bond donors (Lipinski definition) is 1. The zero-order valence-electron chi connectivity index (χ0n) is 14.8. The number of hydrogen-bond acceptors (Lipinski definition) is 6. The Bertz CT molecular complexity index is 1120. The molecule has 0 fully saturated rings. The molecule has 4 rings (SSSR count).